The van der Waals surface area contributed by atoms with Gasteiger partial charge in [0, 0.05) is 24.0 Å². The Morgan fingerprint density at radius 2 is 1.94 bits per heavy atom. The lowest BCUT2D eigenvalue weighted by Gasteiger charge is -2.06. The molecule has 0 saturated carbocycles. The summed E-state index contributed by atoms with van der Waals surface area (Å²) in [4.78, 5) is 19.8. The average molecular weight is 262 g/mol. The first kappa shape index (κ1) is 12.5. The molecule has 0 fully saturated rings. The van der Waals surface area contributed by atoms with Crippen LogP contribution in [0.1, 0.15) is 21.7 Å². The molecule has 0 atom stereocenters. The topological polar surface area (TPSA) is 54.9 Å². The van der Waals surface area contributed by atoms with Gasteiger partial charge in [-0.05, 0) is 18.6 Å². The molecule has 1 N–H and O–H groups in total. The fraction of sp³-hybridized carbons (Fsp3) is 0.154. The lowest BCUT2D eigenvalue weighted by Crippen LogP contribution is -2.23. The number of rotatable bonds is 3. The number of benzene rings is 1. The first-order valence-corrected chi connectivity index (χ1v) is 5.85. The predicted octanol–water partition coefficient (Wildman–Crippen LogP) is 2.37. The molecule has 0 aliphatic heterocycles. The highest BCUT2D eigenvalue weighted by Crippen LogP contribution is 2.14. The summed E-state index contributed by atoms with van der Waals surface area (Å²) in [7, 11) is 0. The Morgan fingerprint density at radius 3 is 2.61 bits per heavy atom. The SMILES string of the molecule is Cc1ncc(C(=O)NCc2ccccc2Cl)cn1. The molecule has 0 bridgehead atoms. The van der Waals surface area contributed by atoms with E-state index in [0.29, 0.717) is 23.0 Å². The maximum Gasteiger partial charge on any atom is 0.254 e. The van der Waals surface area contributed by atoms with Crippen LogP contribution in [0.5, 0.6) is 0 Å². The number of carbonyl (C=O) groups is 1. The van der Waals surface area contributed by atoms with Crippen LogP contribution >= 0.6 is 11.6 Å². The molecule has 0 radical (unpaired) electrons. The van der Waals surface area contributed by atoms with Crippen LogP contribution in [0.3, 0.4) is 0 Å². The van der Waals surface area contributed by atoms with Crippen molar-refractivity contribution >= 4 is 17.5 Å². The van der Waals surface area contributed by atoms with Crippen molar-refractivity contribution in [3.05, 3.63) is 58.6 Å². The summed E-state index contributed by atoms with van der Waals surface area (Å²) in [5.74, 6) is 0.424. The molecular formula is C13H12ClN3O. The molecule has 1 aromatic carbocycles. The second kappa shape index (κ2) is 5.60. The molecule has 2 rings (SSSR count). The zero-order valence-corrected chi connectivity index (χ0v) is 10.6. The van der Waals surface area contributed by atoms with Crippen molar-refractivity contribution < 1.29 is 4.79 Å². The van der Waals surface area contributed by atoms with Crippen LogP contribution in [-0.2, 0) is 6.54 Å². The molecule has 5 heteroatoms. The lowest BCUT2D eigenvalue weighted by molar-refractivity contribution is 0.0950. The number of nitrogens with one attached hydrogen (secondary N) is 1. The molecule has 0 saturated heterocycles. The highest BCUT2D eigenvalue weighted by Gasteiger charge is 2.07. The third-order valence-electron chi connectivity index (χ3n) is 2.44. The Morgan fingerprint density at radius 1 is 1.28 bits per heavy atom. The molecule has 2 aromatic rings. The number of carbonyl (C=O) groups excluding carboxylic acids is 1. The van der Waals surface area contributed by atoms with Crippen molar-refractivity contribution in [3.63, 3.8) is 0 Å². The van der Waals surface area contributed by atoms with E-state index in [1.165, 1.54) is 12.4 Å². The van der Waals surface area contributed by atoms with Gasteiger partial charge in [0.2, 0.25) is 0 Å². The molecule has 92 valence electrons. The zero-order valence-electron chi connectivity index (χ0n) is 9.85. The molecular weight excluding hydrogens is 250 g/mol. The van der Waals surface area contributed by atoms with Crippen LogP contribution in [0.2, 0.25) is 5.02 Å². The number of aromatic nitrogens is 2. The molecule has 0 spiro atoms. The third kappa shape index (κ3) is 3.05. The second-order valence-corrected chi connectivity index (χ2v) is 4.20. The summed E-state index contributed by atoms with van der Waals surface area (Å²) in [5, 5.41) is 3.41. The number of nitrogens with zero attached hydrogens (tertiary/aromatic N) is 2. The first-order chi connectivity index (χ1) is 8.66. The minimum atomic E-state index is -0.213. The summed E-state index contributed by atoms with van der Waals surface area (Å²) < 4.78 is 0. The van der Waals surface area contributed by atoms with Gasteiger partial charge in [-0.25, -0.2) is 9.97 Å². The number of hydrogen-bond donors (Lipinski definition) is 1. The quantitative estimate of drug-likeness (QED) is 0.923. The first-order valence-electron chi connectivity index (χ1n) is 5.47. The summed E-state index contributed by atoms with van der Waals surface area (Å²) in [5.41, 5.74) is 1.31. The Balaban J connectivity index is 2.01. The number of hydrogen-bond acceptors (Lipinski definition) is 3. The van der Waals surface area contributed by atoms with E-state index in [1.54, 1.807) is 13.0 Å². The molecule has 1 amide bonds. The minimum absolute atomic E-state index is 0.213. The lowest BCUT2D eigenvalue weighted by atomic mass is 10.2. The van der Waals surface area contributed by atoms with E-state index in [0.717, 1.165) is 5.56 Å². The summed E-state index contributed by atoms with van der Waals surface area (Å²) >= 11 is 6.00. The van der Waals surface area contributed by atoms with Crippen LogP contribution in [0, 0.1) is 6.92 Å². The van der Waals surface area contributed by atoms with Crippen molar-refractivity contribution in [1.29, 1.82) is 0 Å². The Labute approximate surface area is 110 Å². The van der Waals surface area contributed by atoms with Crippen LogP contribution in [0.4, 0.5) is 0 Å². The van der Waals surface area contributed by atoms with Gasteiger partial charge in [-0.1, -0.05) is 29.8 Å². The molecule has 1 aromatic heterocycles. The van der Waals surface area contributed by atoms with E-state index in [-0.39, 0.29) is 5.91 Å². The molecule has 4 nitrogen and oxygen atoms in total. The van der Waals surface area contributed by atoms with Crippen LogP contribution in [-0.4, -0.2) is 15.9 Å². The van der Waals surface area contributed by atoms with Gasteiger partial charge >= 0.3 is 0 Å². The van der Waals surface area contributed by atoms with Gasteiger partial charge in [0.25, 0.3) is 5.91 Å². The van der Waals surface area contributed by atoms with E-state index in [2.05, 4.69) is 15.3 Å². The van der Waals surface area contributed by atoms with Gasteiger partial charge in [-0.2, -0.15) is 0 Å². The maximum absolute atomic E-state index is 11.8. The van der Waals surface area contributed by atoms with Crippen molar-refractivity contribution in [2.24, 2.45) is 0 Å². The Hall–Kier alpha value is -1.94. The fourth-order valence-corrected chi connectivity index (χ4v) is 1.63. The maximum atomic E-state index is 11.8. The monoisotopic (exact) mass is 261 g/mol. The smallest absolute Gasteiger partial charge is 0.254 e. The summed E-state index contributed by atoms with van der Waals surface area (Å²) in [6, 6.07) is 7.39. The number of halogens is 1. The summed E-state index contributed by atoms with van der Waals surface area (Å²) in [6.07, 6.45) is 3.01. The zero-order chi connectivity index (χ0) is 13.0. The number of amides is 1. The Kier molecular flexibility index (Phi) is 3.89. The van der Waals surface area contributed by atoms with E-state index >= 15 is 0 Å². The van der Waals surface area contributed by atoms with Gasteiger partial charge in [-0.3, -0.25) is 4.79 Å². The highest BCUT2D eigenvalue weighted by molar-refractivity contribution is 6.31. The van der Waals surface area contributed by atoms with Gasteiger partial charge in [0.15, 0.2) is 0 Å². The minimum Gasteiger partial charge on any atom is -0.348 e. The fourth-order valence-electron chi connectivity index (χ4n) is 1.43. The molecule has 1 heterocycles. The van der Waals surface area contributed by atoms with Crippen molar-refractivity contribution in [3.8, 4) is 0 Å². The van der Waals surface area contributed by atoms with Crippen molar-refractivity contribution in [2.75, 3.05) is 0 Å². The van der Waals surface area contributed by atoms with E-state index in [1.807, 2.05) is 18.2 Å². The van der Waals surface area contributed by atoms with Gasteiger partial charge < -0.3 is 5.32 Å². The van der Waals surface area contributed by atoms with E-state index in [4.69, 9.17) is 11.6 Å². The standard InChI is InChI=1S/C13H12ClN3O/c1-9-15-7-11(8-16-9)13(18)17-6-10-4-2-3-5-12(10)14/h2-5,7-8H,6H2,1H3,(H,17,18). The van der Waals surface area contributed by atoms with Gasteiger partial charge in [-0.15, -0.1) is 0 Å². The van der Waals surface area contributed by atoms with E-state index < -0.39 is 0 Å². The van der Waals surface area contributed by atoms with Crippen LogP contribution in [0.25, 0.3) is 0 Å². The molecule has 0 unspecified atom stereocenters. The van der Waals surface area contributed by atoms with Crippen LogP contribution in [0.15, 0.2) is 36.7 Å². The normalized spacial score (nSPS) is 10.1. The van der Waals surface area contributed by atoms with Crippen LogP contribution < -0.4 is 5.32 Å². The number of aryl methyl sites for hydroxylation is 1. The molecule has 0 aliphatic rings. The Bertz CT molecular complexity index is 554. The highest BCUT2D eigenvalue weighted by atomic mass is 35.5. The predicted molar refractivity (Wildman–Crippen MR) is 69.4 cm³/mol. The average Bonchev–Trinajstić information content (AvgIpc) is 2.38. The molecule has 0 aliphatic carbocycles. The van der Waals surface area contributed by atoms with Gasteiger partial charge in [0.1, 0.15) is 5.82 Å². The van der Waals surface area contributed by atoms with Crippen molar-refractivity contribution in [1.82, 2.24) is 15.3 Å². The van der Waals surface area contributed by atoms with Gasteiger partial charge in [0.05, 0.1) is 5.56 Å². The summed E-state index contributed by atoms with van der Waals surface area (Å²) in [6.45, 7) is 2.15. The largest absolute Gasteiger partial charge is 0.348 e. The third-order valence-corrected chi connectivity index (χ3v) is 2.81. The second-order valence-electron chi connectivity index (χ2n) is 3.79. The van der Waals surface area contributed by atoms with Crippen molar-refractivity contribution in [2.45, 2.75) is 13.5 Å². The van der Waals surface area contributed by atoms with E-state index in [9.17, 15) is 4.79 Å². The molecule has 18 heavy (non-hydrogen) atoms.